The van der Waals surface area contributed by atoms with Gasteiger partial charge in [0.05, 0.1) is 0 Å². The molecule has 0 aliphatic carbocycles. The maximum atomic E-state index is 5.72. The average molecular weight is 179 g/mol. The fourth-order valence-corrected chi connectivity index (χ4v) is 1.21. The Morgan fingerprint density at radius 3 is 1.92 bits per heavy atom. The van der Waals surface area contributed by atoms with E-state index < -0.39 is 0 Å². The van der Waals surface area contributed by atoms with E-state index in [-0.39, 0.29) is 0 Å². The fraction of sp³-hybridized carbons (Fsp3) is 0.0909. The Morgan fingerprint density at radius 1 is 1.08 bits per heavy atom. The van der Waals surface area contributed by atoms with Gasteiger partial charge >= 0.3 is 0 Å². The molecule has 0 saturated carbocycles. The van der Waals surface area contributed by atoms with Gasteiger partial charge in [0, 0.05) is 5.88 Å². The average Bonchev–Trinajstić information content (AvgIpc) is 2.16. The van der Waals surface area contributed by atoms with Gasteiger partial charge in [-0.2, -0.15) is 0 Å². The van der Waals surface area contributed by atoms with Crippen LogP contribution in [-0.4, -0.2) is 0 Å². The fourth-order valence-electron chi connectivity index (χ4n) is 1.06. The van der Waals surface area contributed by atoms with Gasteiger partial charge in [0.25, 0.3) is 0 Å². The van der Waals surface area contributed by atoms with Crippen LogP contribution >= 0.6 is 11.6 Å². The first-order valence-corrected chi connectivity index (χ1v) is 4.28. The van der Waals surface area contributed by atoms with Gasteiger partial charge in [-0.1, -0.05) is 37.4 Å². The molecular formula is C11H11Cl. The zero-order valence-corrected chi connectivity index (χ0v) is 7.64. The summed E-state index contributed by atoms with van der Waals surface area (Å²) in [5, 5.41) is 0. The molecule has 0 heterocycles. The van der Waals surface area contributed by atoms with Crippen LogP contribution < -0.4 is 0 Å². The molecule has 1 rings (SSSR count). The lowest BCUT2D eigenvalue weighted by Crippen LogP contribution is -1.82. The van der Waals surface area contributed by atoms with Crippen molar-refractivity contribution < 1.29 is 0 Å². The van der Waals surface area contributed by atoms with Gasteiger partial charge in [0.15, 0.2) is 0 Å². The molecule has 0 radical (unpaired) electrons. The van der Waals surface area contributed by atoms with Crippen LogP contribution in [0.25, 0.3) is 12.2 Å². The molecule has 62 valence electrons. The number of hydrogen-bond acceptors (Lipinski definition) is 0. The maximum Gasteiger partial charge on any atom is 0.0474 e. The van der Waals surface area contributed by atoms with Crippen LogP contribution in [0.3, 0.4) is 0 Å². The monoisotopic (exact) mass is 178 g/mol. The Bertz CT molecular complexity index is 274. The number of hydrogen-bond donors (Lipinski definition) is 0. The second-order valence-corrected chi connectivity index (χ2v) is 2.82. The smallest absolute Gasteiger partial charge is 0.0474 e. The van der Waals surface area contributed by atoms with Crippen LogP contribution in [0, 0.1) is 0 Å². The molecule has 0 amide bonds. The zero-order chi connectivity index (χ0) is 8.97. The highest BCUT2D eigenvalue weighted by molar-refractivity contribution is 6.17. The quantitative estimate of drug-likeness (QED) is 0.619. The summed E-state index contributed by atoms with van der Waals surface area (Å²) in [5.74, 6) is 0.530. The van der Waals surface area contributed by atoms with Crippen molar-refractivity contribution >= 4 is 23.8 Å². The van der Waals surface area contributed by atoms with Crippen molar-refractivity contribution in [1.29, 1.82) is 0 Å². The molecule has 0 fully saturated rings. The summed E-state index contributed by atoms with van der Waals surface area (Å²) < 4.78 is 0. The van der Waals surface area contributed by atoms with Crippen LogP contribution in [0.4, 0.5) is 0 Å². The largest absolute Gasteiger partial charge is 0.122 e. The first kappa shape index (κ1) is 9.08. The minimum absolute atomic E-state index is 0.530. The number of rotatable bonds is 3. The molecule has 0 atom stereocenters. The van der Waals surface area contributed by atoms with E-state index in [2.05, 4.69) is 13.2 Å². The minimum atomic E-state index is 0.530. The second kappa shape index (κ2) is 4.13. The van der Waals surface area contributed by atoms with E-state index >= 15 is 0 Å². The molecule has 0 spiro atoms. The van der Waals surface area contributed by atoms with E-state index in [0.29, 0.717) is 5.88 Å². The summed E-state index contributed by atoms with van der Waals surface area (Å²) >= 11 is 5.72. The van der Waals surface area contributed by atoms with E-state index in [1.165, 1.54) is 0 Å². The first-order chi connectivity index (χ1) is 5.80. The van der Waals surface area contributed by atoms with Gasteiger partial charge < -0.3 is 0 Å². The summed E-state index contributed by atoms with van der Waals surface area (Å²) in [5.41, 5.74) is 3.27. The highest BCUT2D eigenvalue weighted by Gasteiger charge is 1.94. The third-order valence-corrected chi connectivity index (χ3v) is 1.97. The van der Waals surface area contributed by atoms with Gasteiger partial charge in [0.2, 0.25) is 0 Å². The van der Waals surface area contributed by atoms with E-state index in [4.69, 9.17) is 11.6 Å². The second-order valence-electron chi connectivity index (χ2n) is 2.55. The van der Waals surface area contributed by atoms with Crippen molar-refractivity contribution in [2.24, 2.45) is 0 Å². The lowest BCUT2D eigenvalue weighted by atomic mass is 10.1. The molecule has 1 heteroatoms. The van der Waals surface area contributed by atoms with Crippen LogP contribution in [0.15, 0.2) is 31.4 Å². The molecule has 0 nitrogen and oxygen atoms in total. The van der Waals surface area contributed by atoms with E-state index in [1.807, 2.05) is 30.4 Å². The molecule has 0 N–H and O–H groups in total. The predicted molar refractivity (Wildman–Crippen MR) is 56.2 cm³/mol. The highest BCUT2D eigenvalue weighted by atomic mass is 35.5. The molecule has 0 unspecified atom stereocenters. The van der Waals surface area contributed by atoms with Crippen LogP contribution in [0.5, 0.6) is 0 Å². The molecule has 1 aromatic rings. The van der Waals surface area contributed by atoms with Crippen molar-refractivity contribution in [2.75, 3.05) is 0 Å². The van der Waals surface area contributed by atoms with Crippen LogP contribution in [0.1, 0.15) is 16.7 Å². The Labute approximate surface area is 78.2 Å². The lowest BCUT2D eigenvalue weighted by molar-refractivity contribution is 1.38. The van der Waals surface area contributed by atoms with Gasteiger partial charge in [0.1, 0.15) is 0 Å². The Balaban J connectivity index is 3.18. The first-order valence-electron chi connectivity index (χ1n) is 3.75. The normalized spacial score (nSPS) is 9.42. The maximum absolute atomic E-state index is 5.72. The summed E-state index contributed by atoms with van der Waals surface area (Å²) in [6.07, 6.45) is 3.62. The molecule has 1 aromatic carbocycles. The lowest BCUT2D eigenvalue weighted by Gasteiger charge is -2.01. The number of benzene rings is 1. The standard InChI is InChI=1S/C11H11Cl/c1-3-9-5-10(4-2)7-11(6-9)8-12/h3-7H,1-2,8H2. The van der Waals surface area contributed by atoms with Crippen molar-refractivity contribution in [3.8, 4) is 0 Å². The zero-order valence-electron chi connectivity index (χ0n) is 6.89. The van der Waals surface area contributed by atoms with Crippen molar-refractivity contribution in [3.05, 3.63) is 48.0 Å². The van der Waals surface area contributed by atoms with E-state index in [0.717, 1.165) is 16.7 Å². The van der Waals surface area contributed by atoms with Gasteiger partial charge in [-0.15, -0.1) is 11.6 Å². The summed E-state index contributed by atoms with van der Waals surface area (Å²) in [6.45, 7) is 7.41. The van der Waals surface area contributed by atoms with E-state index in [1.54, 1.807) is 0 Å². The van der Waals surface area contributed by atoms with Crippen molar-refractivity contribution in [2.45, 2.75) is 5.88 Å². The molecular weight excluding hydrogens is 168 g/mol. The Kier molecular flexibility index (Phi) is 3.12. The topological polar surface area (TPSA) is 0 Å². The predicted octanol–water partition coefficient (Wildman–Crippen LogP) is 3.71. The molecule has 0 aliphatic rings. The third-order valence-electron chi connectivity index (χ3n) is 1.66. The van der Waals surface area contributed by atoms with Crippen LogP contribution in [0.2, 0.25) is 0 Å². The molecule has 0 aromatic heterocycles. The Hall–Kier alpha value is -1.01. The molecule has 0 saturated heterocycles. The summed E-state index contributed by atoms with van der Waals surface area (Å²) in [6, 6.07) is 6.07. The minimum Gasteiger partial charge on any atom is -0.122 e. The van der Waals surface area contributed by atoms with Gasteiger partial charge in [-0.05, 0) is 22.8 Å². The van der Waals surface area contributed by atoms with Gasteiger partial charge in [-0.3, -0.25) is 0 Å². The van der Waals surface area contributed by atoms with E-state index in [9.17, 15) is 0 Å². The summed E-state index contributed by atoms with van der Waals surface area (Å²) in [4.78, 5) is 0. The van der Waals surface area contributed by atoms with Crippen molar-refractivity contribution in [3.63, 3.8) is 0 Å². The number of alkyl halides is 1. The highest BCUT2D eigenvalue weighted by Crippen LogP contribution is 2.14. The molecule has 12 heavy (non-hydrogen) atoms. The number of halogens is 1. The summed E-state index contributed by atoms with van der Waals surface area (Å²) in [7, 11) is 0. The third kappa shape index (κ3) is 1.99. The Morgan fingerprint density at radius 2 is 1.58 bits per heavy atom. The van der Waals surface area contributed by atoms with Gasteiger partial charge in [-0.25, -0.2) is 0 Å². The van der Waals surface area contributed by atoms with Crippen LogP contribution in [-0.2, 0) is 5.88 Å². The van der Waals surface area contributed by atoms with Crippen molar-refractivity contribution in [1.82, 2.24) is 0 Å². The SMILES string of the molecule is C=Cc1cc(C=C)cc(CCl)c1. The molecule has 0 aliphatic heterocycles. The molecule has 0 bridgehead atoms.